The maximum atomic E-state index is 5.70. The first-order valence-corrected chi connectivity index (χ1v) is 6.59. The van der Waals surface area contributed by atoms with Gasteiger partial charge in [0, 0.05) is 25.3 Å². The highest BCUT2D eigenvalue weighted by atomic mass is 32.1. The van der Waals surface area contributed by atoms with Crippen molar-refractivity contribution in [2.24, 2.45) is 0 Å². The average Bonchev–Trinajstić information content (AvgIpc) is 2.42. The monoisotopic (exact) mass is 266 g/mol. The van der Waals surface area contributed by atoms with Crippen LogP contribution >= 0.6 is 12.2 Å². The van der Waals surface area contributed by atoms with Gasteiger partial charge in [-0.25, -0.2) is 0 Å². The molecule has 1 aliphatic heterocycles. The van der Waals surface area contributed by atoms with E-state index < -0.39 is 0 Å². The summed E-state index contributed by atoms with van der Waals surface area (Å²) in [6.45, 7) is 5.32. The molecule has 0 unspecified atom stereocenters. The molecule has 0 aliphatic carbocycles. The van der Waals surface area contributed by atoms with Gasteiger partial charge < -0.3 is 14.8 Å². The van der Waals surface area contributed by atoms with Gasteiger partial charge in [0.2, 0.25) is 0 Å². The molecule has 5 heteroatoms. The second-order valence-corrected chi connectivity index (χ2v) is 4.32. The second-order valence-electron chi connectivity index (χ2n) is 4.09. The van der Waals surface area contributed by atoms with E-state index in [1.165, 1.54) is 5.49 Å². The van der Waals surface area contributed by atoms with E-state index in [-0.39, 0.29) is 0 Å². The third-order valence-corrected chi connectivity index (χ3v) is 2.98. The molecule has 1 heterocycles. The molecule has 0 spiro atoms. The topological polar surface area (TPSA) is 33.7 Å². The van der Waals surface area contributed by atoms with E-state index in [2.05, 4.69) is 10.2 Å². The van der Waals surface area contributed by atoms with Crippen LogP contribution in [0.25, 0.3) is 0 Å². The van der Waals surface area contributed by atoms with E-state index in [0.29, 0.717) is 6.61 Å². The Morgan fingerprint density at radius 3 is 2.67 bits per heavy atom. The van der Waals surface area contributed by atoms with Crippen LogP contribution in [-0.2, 0) is 4.74 Å². The highest BCUT2D eigenvalue weighted by Gasteiger charge is 2.09. The SMILES string of the molecule is S=CNc1ccc(OCCN2CCOCC2)cc1. The highest BCUT2D eigenvalue weighted by molar-refractivity contribution is 7.79. The minimum Gasteiger partial charge on any atom is -0.492 e. The van der Waals surface area contributed by atoms with Crippen LogP contribution in [-0.4, -0.2) is 49.8 Å². The van der Waals surface area contributed by atoms with E-state index >= 15 is 0 Å². The number of ether oxygens (including phenoxy) is 2. The Bertz CT molecular complexity index is 364. The van der Waals surface area contributed by atoms with Gasteiger partial charge in [0.15, 0.2) is 0 Å². The van der Waals surface area contributed by atoms with Crippen LogP contribution in [0, 0.1) is 0 Å². The molecule has 1 aromatic carbocycles. The van der Waals surface area contributed by atoms with Gasteiger partial charge >= 0.3 is 0 Å². The van der Waals surface area contributed by atoms with E-state index in [9.17, 15) is 0 Å². The average molecular weight is 266 g/mol. The second kappa shape index (κ2) is 7.31. The number of benzene rings is 1. The quantitative estimate of drug-likeness (QED) is 0.794. The first kappa shape index (κ1) is 13.3. The van der Waals surface area contributed by atoms with Gasteiger partial charge in [-0.15, -0.1) is 0 Å². The lowest BCUT2D eigenvalue weighted by Gasteiger charge is -2.26. The number of nitrogens with one attached hydrogen (secondary N) is 1. The maximum absolute atomic E-state index is 5.70. The van der Waals surface area contributed by atoms with E-state index in [1.807, 2.05) is 24.3 Å². The van der Waals surface area contributed by atoms with Gasteiger partial charge in [-0.05, 0) is 24.3 Å². The Hall–Kier alpha value is -1.17. The van der Waals surface area contributed by atoms with Crippen molar-refractivity contribution in [1.29, 1.82) is 0 Å². The number of thiocarbonyl (C=S) groups is 1. The number of rotatable bonds is 6. The third-order valence-electron chi connectivity index (χ3n) is 2.86. The number of nitrogens with zero attached hydrogens (tertiary/aromatic N) is 1. The molecule has 1 fully saturated rings. The first-order valence-electron chi connectivity index (χ1n) is 6.11. The lowest BCUT2D eigenvalue weighted by molar-refractivity contribution is 0.0322. The van der Waals surface area contributed by atoms with Crippen LogP contribution in [0.15, 0.2) is 24.3 Å². The van der Waals surface area contributed by atoms with Crippen molar-refractivity contribution < 1.29 is 9.47 Å². The van der Waals surface area contributed by atoms with Crippen molar-refractivity contribution in [2.75, 3.05) is 44.8 Å². The predicted molar refractivity (Wildman–Crippen MR) is 76.5 cm³/mol. The maximum Gasteiger partial charge on any atom is 0.119 e. The van der Waals surface area contributed by atoms with Gasteiger partial charge in [-0.1, -0.05) is 12.2 Å². The zero-order valence-corrected chi connectivity index (χ0v) is 11.1. The van der Waals surface area contributed by atoms with Crippen LogP contribution in [0.5, 0.6) is 5.75 Å². The van der Waals surface area contributed by atoms with Crippen LogP contribution < -0.4 is 10.1 Å². The molecule has 1 saturated heterocycles. The van der Waals surface area contributed by atoms with Crippen molar-refractivity contribution in [2.45, 2.75) is 0 Å². The number of hydrogen-bond acceptors (Lipinski definition) is 4. The summed E-state index contributed by atoms with van der Waals surface area (Å²) in [5.41, 5.74) is 2.47. The predicted octanol–water partition coefficient (Wildman–Crippen LogP) is 1.77. The third kappa shape index (κ3) is 4.25. The molecular weight excluding hydrogens is 248 g/mol. The Kier molecular flexibility index (Phi) is 5.38. The van der Waals surface area contributed by atoms with Gasteiger partial charge in [0.25, 0.3) is 0 Å². The Morgan fingerprint density at radius 2 is 2.00 bits per heavy atom. The first-order chi connectivity index (χ1) is 8.88. The molecule has 1 aliphatic rings. The standard InChI is InChI=1S/C13H18N2O2S/c18-11-14-12-1-3-13(4-2-12)17-10-7-15-5-8-16-9-6-15/h1-4,11H,5-10H2,(H,14,18). The highest BCUT2D eigenvalue weighted by Crippen LogP contribution is 2.15. The molecule has 0 aromatic heterocycles. The van der Waals surface area contributed by atoms with Crippen molar-refractivity contribution in [1.82, 2.24) is 4.90 Å². The summed E-state index contributed by atoms with van der Waals surface area (Å²) in [5.74, 6) is 0.887. The van der Waals surface area contributed by atoms with Crippen molar-refractivity contribution in [3.63, 3.8) is 0 Å². The molecule has 18 heavy (non-hydrogen) atoms. The summed E-state index contributed by atoms with van der Waals surface area (Å²) >= 11 is 4.73. The fraction of sp³-hybridized carbons (Fsp3) is 0.462. The molecule has 0 saturated carbocycles. The molecule has 0 bridgehead atoms. The van der Waals surface area contributed by atoms with Crippen molar-refractivity contribution in [3.05, 3.63) is 24.3 Å². The summed E-state index contributed by atoms with van der Waals surface area (Å²) in [6.07, 6.45) is 0. The van der Waals surface area contributed by atoms with Crippen LogP contribution in [0.3, 0.4) is 0 Å². The molecule has 1 N–H and O–H groups in total. The fourth-order valence-corrected chi connectivity index (χ4v) is 1.97. The number of morpholine rings is 1. The van der Waals surface area contributed by atoms with E-state index in [0.717, 1.165) is 44.3 Å². The molecule has 0 amide bonds. The largest absolute Gasteiger partial charge is 0.492 e. The normalized spacial score (nSPS) is 16.2. The zero-order valence-electron chi connectivity index (χ0n) is 10.3. The van der Waals surface area contributed by atoms with E-state index in [1.54, 1.807) is 0 Å². The number of hydrogen-bond donors (Lipinski definition) is 1. The summed E-state index contributed by atoms with van der Waals surface area (Å²) in [7, 11) is 0. The fourth-order valence-electron chi connectivity index (χ4n) is 1.83. The molecule has 1 aromatic rings. The number of anilines is 1. The van der Waals surface area contributed by atoms with Gasteiger partial charge in [0.05, 0.1) is 18.7 Å². The minimum atomic E-state index is 0.708. The molecular formula is C13H18N2O2S. The zero-order chi connectivity index (χ0) is 12.6. The van der Waals surface area contributed by atoms with Crippen LogP contribution in [0.2, 0.25) is 0 Å². The molecule has 0 radical (unpaired) electrons. The molecule has 4 nitrogen and oxygen atoms in total. The van der Waals surface area contributed by atoms with Crippen LogP contribution in [0.1, 0.15) is 0 Å². The van der Waals surface area contributed by atoms with Crippen molar-refractivity contribution >= 4 is 23.4 Å². The Morgan fingerprint density at radius 1 is 1.28 bits per heavy atom. The summed E-state index contributed by atoms with van der Waals surface area (Å²) < 4.78 is 11.0. The van der Waals surface area contributed by atoms with Gasteiger partial charge in [-0.3, -0.25) is 4.90 Å². The lowest BCUT2D eigenvalue weighted by atomic mass is 10.3. The van der Waals surface area contributed by atoms with Crippen LogP contribution in [0.4, 0.5) is 5.69 Å². The van der Waals surface area contributed by atoms with E-state index in [4.69, 9.17) is 21.7 Å². The smallest absolute Gasteiger partial charge is 0.119 e. The van der Waals surface area contributed by atoms with Gasteiger partial charge in [0.1, 0.15) is 12.4 Å². The molecule has 98 valence electrons. The van der Waals surface area contributed by atoms with Gasteiger partial charge in [-0.2, -0.15) is 0 Å². The molecule has 2 rings (SSSR count). The summed E-state index contributed by atoms with van der Waals surface area (Å²) in [6, 6.07) is 7.79. The summed E-state index contributed by atoms with van der Waals surface area (Å²) in [5, 5.41) is 2.95. The van der Waals surface area contributed by atoms with Crippen molar-refractivity contribution in [3.8, 4) is 5.75 Å². The molecule has 0 atom stereocenters. The Labute approximate surface area is 113 Å². The Balaban J connectivity index is 1.70. The minimum absolute atomic E-state index is 0.708. The lowest BCUT2D eigenvalue weighted by Crippen LogP contribution is -2.38. The summed E-state index contributed by atoms with van der Waals surface area (Å²) in [4.78, 5) is 2.35.